The lowest BCUT2D eigenvalue weighted by Crippen LogP contribution is -2.04. The van der Waals surface area contributed by atoms with Crippen molar-refractivity contribution in [2.24, 2.45) is 0 Å². The van der Waals surface area contributed by atoms with E-state index in [1.807, 2.05) is 6.07 Å². The molecule has 1 unspecified atom stereocenters. The van der Waals surface area contributed by atoms with Crippen molar-refractivity contribution in [3.8, 4) is 0 Å². The molecule has 1 atom stereocenters. The van der Waals surface area contributed by atoms with Crippen LogP contribution in [0.1, 0.15) is 17.9 Å². The molecule has 0 N–H and O–H groups in total. The predicted octanol–water partition coefficient (Wildman–Crippen LogP) is 2.12. The Hall–Kier alpha value is -0.580. The van der Waals surface area contributed by atoms with Gasteiger partial charge < -0.3 is 4.74 Å². The van der Waals surface area contributed by atoms with Crippen molar-refractivity contribution >= 4 is 19.7 Å². The van der Waals surface area contributed by atoms with Crippen LogP contribution in [-0.2, 0) is 13.8 Å². The second-order valence-electron chi connectivity index (χ2n) is 3.54. The van der Waals surface area contributed by atoms with Gasteiger partial charge in [-0.2, -0.15) is 0 Å². The molecule has 3 nitrogen and oxygen atoms in total. The summed E-state index contributed by atoms with van der Waals surface area (Å²) in [7, 11) is 1.72. The van der Waals surface area contributed by atoms with E-state index in [0.717, 1.165) is 12.0 Å². The molecule has 15 heavy (non-hydrogen) atoms. The maximum atomic E-state index is 11.3. The maximum absolute atomic E-state index is 11.3. The van der Waals surface area contributed by atoms with E-state index in [0.29, 0.717) is 13.2 Å². The first-order valence-electron chi connectivity index (χ1n) is 4.70. The summed E-state index contributed by atoms with van der Waals surface area (Å²) in [5, 5.41) is 0. The lowest BCUT2D eigenvalue weighted by molar-refractivity contribution is 0.193. The van der Waals surface area contributed by atoms with Gasteiger partial charge >= 0.3 is 0 Å². The molecule has 1 aromatic carbocycles. The van der Waals surface area contributed by atoms with Gasteiger partial charge in [0, 0.05) is 23.2 Å². The van der Waals surface area contributed by atoms with Crippen molar-refractivity contribution in [2.75, 3.05) is 13.2 Å². The Morgan fingerprint density at radius 1 is 1.33 bits per heavy atom. The molecule has 1 fully saturated rings. The summed E-state index contributed by atoms with van der Waals surface area (Å²) in [5.41, 5.74) is 0.769. The molecule has 1 heterocycles. The summed E-state index contributed by atoms with van der Waals surface area (Å²) < 4.78 is 27.9. The smallest absolute Gasteiger partial charge is 0.261 e. The van der Waals surface area contributed by atoms with Crippen molar-refractivity contribution < 1.29 is 13.2 Å². The van der Waals surface area contributed by atoms with E-state index in [-0.39, 0.29) is 10.8 Å². The Morgan fingerprint density at radius 2 is 2.07 bits per heavy atom. The Bertz CT molecular complexity index is 449. The predicted molar refractivity (Wildman–Crippen MR) is 57.7 cm³/mol. The topological polar surface area (TPSA) is 43.4 Å². The Kier molecular flexibility index (Phi) is 3.00. The molecule has 0 bridgehead atoms. The average molecular weight is 247 g/mol. The van der Waals surface area contributed by atoms with Gasteiger partial charge in [0.2, 0.25) is 0 Å². The normalized spacial score (nSPS) is 21.8. The minimum absolute atomic E-state index is 0.148. The Balaban J connectivity index is 2.46. The molecule has 2 rings (SSSR count). The molecular formula is C10H11ClO3S. The first-order valence-corrected chi connectivity index (χ1v) is 7.01. The third-order valence-electron chi connectivity index (χ3n) is 2.55. The fourth-order valence-electron chi connectivity index (χ4n) is 1.82. The van der Waals surface area contributed by atoms with Gasteiger partial charge in [0.1, 0.15) is 0 Å². The van der Waals surface area contributed by atoms with E-state index in [9.17, 15) is 8.42 Å². The average Bonchev–Trinajstić information content (AvgIpc) is 2.69. The zero-order valence-electron chi connectivity index (χ0n) is 8.02. The molecule has 0 amide bonds. The molecule has 1 saturated heterocycles. The van der Waals surface area contributed by atoms with Gasteiger partial charge in [-0.15, -0.1) is 0 Å². The SMILES string of the molecule is O=S(=O)(Cl)c1ccccc1C1CCOC1. The molecule has 0 aliphatic carbocycles. The van der Waals surface area contributed by atoms with Crippen LogP contribution in [0.2, 0.25) is 0 Å². The van der Waals surface area contributed by atoms with Gasteiger partial charge in [0.15, 0.2) is 0 Å². The fraction of sp³-hybridized carbons (Fsp3) is 0.400. The molecule has 0 saturated carbocycles. The van der Waals surface area contributed by atoms with Crippen LogP contribution in [0.15, 0.2) is 29.2 Å². The van der Waals surface area contributed by atoms with E-state index in [4.69, 9.17) is 15.4 Å². The van der Waals surface area contributed by atoms with Crippen molar-refractivity contribution in [2.45, 2.75) is 17.2 Å². The third kappa shape index (κ3) is 2.33. The van der Waals surface area contributed by atoms with Crippen LogP contribution >= 0.6 is 10.7 Å². The van der Waals surface area contributed by atoms with E-state index in [1.54, 1.807) is 12.1 Å². The number of hydrogen-bond acceptors (Lipinski definition) is 3. The number of ether oxygens (including phenoxy) is 1. The second kappa shape index (κ2) is 4.12. The van der Waals surface area contributed by atoms with Crippen LogP contribution in [0, 0.1) is 0 Å². The van der Waals surface area contributed by atoms with Gasteiger partial charge in [-0.1, -0.05) is 18.2 Å². The standard InChI is InChI=1S/C10H11ClO3S/c11-15(12,13)10-4-2-1-3-9(10)8-5-6-14-7-8/h1-4,8H,5-7H2. The molecule has 1 aliphatic rings. The largest absolute Gasteiger partial charge is 0.381 e. The molecular weight excluding hydrogens is 236 g/mol. The quantitative estimate of drug-likeness (QED) is 0.751. The zero-order valence-corrected chi connectivity index (χ0v) is 9.59. The minimum Gasteiger partial charge on any atom is -0.381 e. The van der Waals surface area contributed by atoms with Gasteiger partial charge in [-0.3, -0.25) is 0 Å². The summed E-state index contributed by atoms with van der Waals surface area (Å²) in [6.07, 6.45) is 0.851. The first kappa shape index (κ1) is 10.9. The molecule has 0 aromatic heterocycles. The van der Waals surface area contributed by atoms with Crippen LogP contribution in [0.5, 0.6) is 0 Å². The molecule has 5 heteroatoms. The van der Waals surface area contributed by atoms with E-state index in [1.165, 1.54) is 6.07 Å². The number of halogens is 1. The van der Waals surface area contributed by atoms with Crippen molar-refractivity contribution in [1.29, 1.82) is 0 Å². The lowest BCUT2D eigenvalue weighted by atomic mass is 9.99. The van der Waals surface area contributed by atoms with Crippen LogP contribution in [0.25, 0.3) is 0 Å². The minimum atomic E-state index is -3.65. The van der Waals surface area contributed by atoms with Gasteiger partial charge in [0.05, 0.1) is 11.5 Å². The van der Waals surface area contributed by atoms with Crippen molar-refractivity contribution in [3.63, 3.8) is 0 Å². The van der Waals surface area contributed by atoms with Gasteiger partial charge in [0.25, 0.3) is 9.05 Å². The van der Waals surface area contributed by atoms with Crippen LogP contribution in [0.3, 0.4) is 0 Å². The molecule has 82 valence electrons. The van der Waals surface area contributed by atoms with E-state index >= 15 is 0 Å². The summed E-state index contributed by atoms with van der Waals surface area (Å²) in [6, 6.07) is 6.83. The molecule has 1 aromatic rings. The highest BCUT2D eigenvalue weighted by Gasteiger charge is 2.24. The second-order valence-corrected chi connectivity index (χ2v) is 6.07. The van der Waals surface area contributed by atoms with Gasteiger partial charge in [-0.25, -0.2) is 8.42 Å². The van der Waals surface area contributed by atoms with Crippen LogP contribution < -0.4 is 0 Å². The Labute approximate surface area is 93.4 Å². The number of benzene rings is 1. The lowest BCUT2D eigenvalue weighted by Gasteiger charge is -2.11. The number of rotatable bonds is 2. The third-order valence-corrected chi connectivity index (χ3v) is 3.95. The number of hydrogen-bond donors (Lipinski definition) is 0. The van der Waals surface area contributed by atoms with E-state index in [2.05, 4.69) is 0 Å². The highest BCUT2D eigenvalue weighted by molar-refractivity contribution is 8.13. The summed E-state index contributed by atoms with van der Waals surface area (Å²) >= 11 is 0. The van der Waals surface area contributed by atoms with Crippen molar-refractivity contribution in [3.05, 3.63) is 29.8 Å². The summed E-state index contributed by atoms with van der Waals surface area (Å²) in [4.78, 5) is 0.210. The fourth-order valence-corrected chi connectivity index (χ4v) is 3.00. The first-order chi connectivity index (χ1) is 7.09. The maximum Gasteiger partial charge on any atom is 0.261 e. The summed E-state index contributed by atoms with van der Waals surface area (Å²) in [6.45, 7) is 1.25. The highest BCUT2D eigenvalue weighted by atomic mass is 35.7. The van der Waals surface area contributed by atoms with Crippen LogP contribution in [0.4, 0.5) is 0 Å². The summed E-state index contributed by atoms with van der Waals surface area (Å²) in [5.74, 6) is 0.148. The Morgan fingerprint density at radius 3 is 2.67 bits per heavy atom. The molecule has 1 aliphatic heterocycles. The van der Waals surface area contributed by atoms with Gasteiger partial charge in [-0.05, 0) is 18.1 Å². The molecule has 0 radical (unpaired) electrons. The monoisotopic (exact) mass is 246 g/mol. The zero-order chi connectivity index (χ0) is 10.9. The van der Waals surface area contributed by atoms with Crippen molar-refractivity contribution in [1.82, 2.24) is 0 Å². The molecule has 0 spiro atoms. The van der Waals surface area contributed by atoms with Crippen LogP contribution in [-0.4, -0.2) is 21.6 Å². The van der Waals surface area contributed by atoms with E-state index < -0.39 is 9.05 Å². The highest BCUT2D eigenvalue weighted by Crippen LogP contribution is 2.31.